The van der Waals surface area contributed by atoms with Crippen molar-refractivity contribution >= 4 is 11.8 Å². The third kappa shape index (κ3) is 5.63. The van der Waals surface area contributed by atoms with Crippen LogP contribution in [0.4, 0.5) is 0 Å². The summed E-state index contributed by atoms with van der Waals surface area (Å²) >= 11 is 0. The van der Waals surface area contributed by atoms with Gasteiger partial charge in [-0.2, -0.15) is 0 Å². The van der Waals surface area contributed by atoms with Crippen LogP contribution in [-0.4, -0.2) is 78.4 Å². The number of nitrogens with one attached hydrogen (secondary N) is 1. The van der Waals surface area contributed by atoms with Crippen molar-refractivity contribution in [2.45, 2.75) is 154 Å². The lowest BCUT2D eigenvalue weighted by atomic mass is 9.44. The average Bonchev–Trinajstić information content (AvgIpc) is 3.52. The first-order valence-electron chi connectivity index (χ1n) is 20.2. The number of rotatable bonds is 4. The van der Waals surface area contributed by atoms with Crippen molar-refractivity contribution in [3.8, 4) is 0 Å². The van der Waals surface area contributed by atoms with Gasteiger partial charge in [0.1, 0.15) is 6.42 Å². The van der Waals surface area contributed by atoms with E-state index in [0.29, 0.717) is 46.6 Å². The summed E-state index contributed by atoms with van der Waals surface area (Å²) < 4.78 is 13.5. The Bertz CT molecular complexity index is 1170. The van der Waals surface area contributed by atoms with Crippen LogP contribution >= 0.6 is 0 Å². The molecular formula is C40H65N3O4. The summed E-state index contributed by atoms with van der Waals surface area (Å²) in [5, 5.41) is 3.35. The second-order valence-corrected chi connectivity index (χ2v) is 18.6. The van der Waals surface area contributed by atoms with Crippen LogP contribution in [0.25, 0.3) is 0 Å². The van der Waals surface area contributed by atoms with Crippen molar-refractivity contribution in [3.05, 3.63) is 0 Å². The average molecular weight is 652 g/mol. The zero-order chi connectivity index (χ0) is 32.6. The van der Waals surface area contributed by atoms with E-state index in [0.717, 1.165) is 69.6 Å². The fourth-order valence-electron chi connectivity index (χ4n) is 13.7. The molecule has 0 bridgehead atoms. The number of fused-ring (bicyclic) bond motifs is 7. The molecule has 0 aromatic rings. The first kappa shape index (κ1) is 33.0. The van der Waals surface area contributed by atoms with Gasteiger partial charge in [0.25, 0.3) is 0 Å². The first-order chi connectivity index (χ1) is 22.6. The summed E-state index contributed by atoms with van der Waals surface area (Å²) in [5.74, 6) is 4.45. The minimum atomic E-state index is -0.326. The number of hydrogen-bond donors (Lipinski definition) is 1. The van der Waals surface area contributed by atoms with E-state index >= 15 is 0 Å². The Morgan fingerprint density at radius 3 is 2.32 bits per heavy atom. The summed E-state index contributed by atoms with van der Waals surface area (Å²) in [6.45, 7) is 14.9. The standard InChI is InChI=1S/C40H65N3O4/c1-26-10-17-40(46-25-26)27(2)37-34(47-40)23-33-31-9-8-28-22-29(11-15-38(28,3)32(31)12-16-39(33,37)4)41-35(44)24-36(45)43-20-13-30(14-21-43)42-18-6-5-7-19-42/h26-34,37H,5-25H2,1-4H3,(H,41,44)/t26-,27-,28+,29?,31+,32-,33-,34-,37-,38-,39-,40+/m0/s1. The SMILES string of the molecule is C[C@H]1CC[C@@]2(OC1)O[C@H]1C[C@H]3[C@@H]4CC[C@@H]5CC(NC(=O)CC(=O)N6CCC(N7CCCCC7)CC6)CC[C@]5(C)[C@H]4CC[C@]3(C)[C@H]1[C@@H]2C. The number of carbonyl (C=O) groups excluding carboxylic acids is 2. The molecule has 1 N–H and O–H groups in total. The molecule has 1 spiro atoms. The van der Waals surface area contributed by atoms with E-state index in [1.807, 2.05) is 4.90 Å². The first-order valence-corrected chi connectivity index (χ1v) is 20.2. The van der Waals surface area contributed by atoms with Crippen LogP contribution in [0.2, 0.25) is 0 Å². The van der Waals surface area contributed by atoms with Crippen LogP contribution < -0.4 is 5.32 Å². The fourth-order valence-corrected chi connectivity index (χ4v) is 13.7. The van der Waals surface area contributed by atoms with Gasteiger partial charge in [-0.25, -0.2) is 0 Å². The quantitative estimate of drug-likeness (QED) is 0.339. The molecule has 0 aromatic carbocycles. The van der Waals surface area contributed by atoms with Crippen molar-refractivity contribution in [1.82, 2.24) is 15.1 Å². The van der Waals surface area contributed by atoms with E-state index in [2.05, 4.69) is 37.9 Å². The predicted molar refractivity (Wildman–Crippen MR) is 183 cm³/mol. The van der Waals surface area contributed by atoms with Crippen LogP contribution in [-0.2, 0) is 19.1 Å². The maximum atomic E-state index is 13.2. The van der Waals surface area contributed by atoms with E-state index in [-0.39, 0.29) is 30.1 Å². The van der Waals surface area contributed by atoms with Gasteiger partial charge in [-0.1, -0.05) is 34.1 Å². The molecule has 2 amide bonds. The molecule has 4 saturated heterocycles. The molecule has 7 nitrogen and oxygen atoms in total. The van der Waals surface area contributed by atoms with Gasteiger partial charge in [-0.3, -0.25) is 9.59 Å². The van der Waals surface area contributed by atoms with Crippen molar-refractivity contribution in [2.75, 3.05) is 32.8 Å². The van der Waals surface area contributed by atoms with Gasteiger partial charge in [0.2, 0.25) is 11.8 Å². The highest BCUT2D eigenvalue weighted by Crippen LogP contribution is 2.71. The number of piperidine rings is 2. The van der Waals surface area contributed by atoms with Crippen molar-refractivity contribution in [2.24, 2.45) is 52.3 Å². The van der Waals surface area contributed by atoms with E-state index in [1.165, 1.54) is 77.3 Å². The van der Waals surface area contributed by atoms with E-state index in [1.54, 1.807) is 0 Å². The summed E-state index contributed by atoms with van der Waals surface area (Å²) in [6, 6.07) is 0.841. The molecule has 4 heterocycles. The van der Waals surface area contributed by atoms with Crippen LogP contribution in [0.3, 0.4) is 0 Å². The number of amides is 2. The Morgan fingerprint density at radius 1 is 0.809 bits per heavy atom. The third-order valence-corrected chi connectivity index (χ3v) is 16.3. The molecule has 8 rings (SSSR count). The zero-order valence-corrected chi connectivity index (χ0v) is 30.2. The Hall–Kier alpha value is -1.18. The molecule has 4 aliphatic heterocycles. The molecule has 4 saturated carbocycles. The van der Waals surface area contributed by atoms with Crippen molar-refractivity contribution in [1.29, 1.82) is 0 Å². The van der Waals surface area contributed by atoms with Gasteiger partial charge in [-0.15, -0.1) is 0 Å². The van der Waals surface area contributed by atoms with Crippen LogP contribution in [0, 0.1) is 52.3 Å². The van der Waals surface area contributed by atoms with E-state index < -0.39 is 0 Å². The fraction of sp³-hybridized carbons (Fsp3) is 0.950. The molecule has 264 valence electrons. The summed E-state index contributed by atoms with van der Waals surface area (Å²) in [7, 11) is 0. The van der Waals surface area contributed by atoms with Gasteiger partial charge >= 0.3 is 0 Å². The predicted octanol–water partition coefficient (Wildman–Crippen LogP) is 6.78. The Morgan fingerprint density at radius 2 is 1.57 bits per heavy atom. The molecule has 1 unspecified atom stereocenters. The Kier molecular flexibility index (Phi) is 8.81. The van der Waals surface area contributed by atoms with Gasteiger partial charge in [-0.05, 0) is 143 Å². The zero-order valence-electron chi connectivity index (χ0n) is 30.2. The number of nitrogens with zero attached hydrogens (tertiary/aromatic N) is 2. The Labute approximate surface area is 285 Å². The lowest BCUT2D eigenvalue weighted by molar-refractivity contribution is -0.273. The molecule has 8 aliphatic rings. The van der Waals surface area contributed by atoms with Crippen molar-refractivity contribution in [3.63, 3.8) is 0 Å². The molecule has 0 aromatic heterocycles. The second kappa shape index (κ2) is 12.5. The highest BCUT2D eigenvalue weighted by Gasteiger charge is 2.69. The van der Waals surface area contributed by atoms with Gasteiger partial charge in [0.05, 0.1) is 12.7 Å². The topological polar surface area (TPSA) is 71.1 Å². The van der Waals surface area contributed by atoms with Crippen LogP contribution in [0.15, 0.2) is 0 Å². The molecule has 4 aliphatic carbocycles. The third-order valence-electron chi connectivity index (χ3n) is 16.3. The summed E-state index contributed by atoms with van der Waals surface area (Å²) in [6.07, 6.45) is 18.7. The Balaban J connectivity index is 0.841. The smallest absolute Gasteiger partial charge is 0.232 e. The minimum absolute atomic E-state index is 0.0198. The molecular weight excluding hydrogens is 586 g/mol. The van der Waals surface area contributed by atoms with Gasteiger partial charge < -0.3 is 24.6 Å². The minimum Gasteiger partial charge on any atom is -0.353 e. The summed E-state index contributed by atoms with van der Waals surface area (Å²) in [5.41, 5.74) is 0.735. The maximum Gasteiger partial charge on any atom is 0.232 e. The van der Waals surface area contributed by atoms with Crippen LogP contribution in [0.5, 0.6) is 0 Å². The van der Waals surface area contributed by atoms with Crippen molar-refractivity contribution < 1.29 is 19.1 Å². The largest absolute Gasteiger partial charge is 0.353 e. The number of carbonyl (C=O) groups is 2. The number of hydrogen-bond acceptors (Lipinski definition) is 5. The lowest BCUT2D eigenvalue weighted by Crippen LogP contribution is -2.56. The van der Waals surface area contributed by atoms with Crippen LogP contribution in [0.1, 0.15) is 130 Å². The lowest BCUT2D eigenvalue weighted by Gasteiger charge is -2.61. The molecule has 8 fully saturated rings. The number of likely N-dealkylation sites (tertiary alicyclic amines) is 2. The highest BCUT2D eigenvalue weighted by atomic mass is 16.7. The maximum absolute atomic E-state index is 13.2. The highest BCUT2D eigenvalue weighted by molar-refractivity contribution is 5.97. The van der Waals surface area contributed by atoms with Gasteiger partial charge in [0, 0.05) is 37.5 Å². The molecule has 0 radical (unpaired) electrons. The normalized spacial score (nSPS) is 48.8. The molecule has 7 heteroatoms. The summed E-state index contributed by atoms with van der Waals surface area (Å²) in [4.78, 5) is 30.9. The van der Waals surface area contributed by atoms with Gasteiger partial charge in [0.15, 0.2) is 5.79 Å². The molecule has 47 heavy (non-hydrogen) atoms. The van der Waals surface area contributed by atoms with E-state index in [4.69, 9.17) is 9.47 Å². The molecule has 12 atom stereocenters. The number of ether oxygens (including phenoxy) is 2. The monoisotopic (exact) mass is 651 g/mol. The second-order valence-electron chi connectivity index (χ2n) is 18.6. The van der Waals surface area contributed by atoms with E-state index in [9.17, 15) is 9.59 Å².